The first kappa shape index (κ1) is 26.8. The Bertz CT molecular complexity index is 613. The van der Waals surface area contributed by atoms with E-state index in [0.717, 1.165) is 25.7 Å². The fraction of sp³-hybridized carbons (Fsp3) is 0.800. The van der Waals surface area contributed by atoms with Crippen LogP contribution in [0.1, 0.15) is 53.4 Å². The number of rotatable bonds is 12. The van der Waals surface area contributed by atoms with Gasteiger partial charge in [0.1, 0.15) is 18.8 Å². The topological polar surface area (TPSA) is 152 Å². The molecule has 0 aliphatic carbocycles. The molecule has 0 saturated carbocycles. The molecule has 1 amide bonds. The van der Waals surface area contributed by atoms with Crippen molar-refractivity contribution in [1.29, 1.82) is 0 Å². The number of carbonyl (C=O) groups excluding carboxylic acids is 4. The highest BCUT2D eigenvalue weighted by Crippen LogP contribution is 2.28. The van der Waals surface area contributed by atoms with Crippen LogP contribution < -0.4 is 11.1 Å². The minimum absolute atomic E-state index is 0.256. The molecule has 31 heavy (non-hydrogen) atoms. The van der Waals surface area contributed by atoms with Gasteiger partial charge in [0.2, 0.25) is 5.91 Å². The number of unbranched alkanes of at least 4 members (excludes halogenated alkanes) is 3. The van der Waals surface area contributed by atoms with E-state index in [2.05, 4.69) is 5.32 Å². The van der Waals surface area contributed by atoms with Gasteiger partial charge in [-0.1, -0.05) is 12.8 Å². The SMILES string of the molecule is CC(=O)N[C@H]1[C@H](OCCCCCCN)O[C@H](COC(C)=O)[C@H](OC(C)=O)[C@@H]1OC(C)=O. The molecule has 11 nitrogen and oxygen atoms in total. The quantitative estimate of drug-likeness (QED) is 0.241. The van der Waals surface area contributed by atoms with Crippen LogP contribution in [0.15, 0.2) is 0 Å². The van der Waals surface area contributed by atoms with E-state index in [0.29, 0.717) is 13.2 Å². The first-order chi connectivity index (χ1) is 14.6. The zero-order valence-electron chi connectivity index (χ0n) is 18.6. The van der Waals surface area contributed by atoms with Gasteiger partial charge < -0.3 is 34.7 Å². The lowest BCUT2D eigenvalue weighted by atomic mass is 9.96. The molecule has 0 bridgehead atoms. The maximum Gasteiger partial charge on any atom is 0.303 e. The third-order valence-electron chi connectivity index (χ3n) is 4.45. The van der Waals surface area contributed by atoms with Crippen LogP contribution >= 0.6 is 0 Å². The number of carbonyl (C=O) groups is 4. The number of nitrogens with two attached hydrogens (primary N) is 1. The zero-order chi connectivity index (χ0) is 23.4. The van der Waals surface area contributed by atoms with Gasteiger partial charge in [0.25, 0.3) is 0 Å². The van der Waals surface area contributed by atoms with E-state index >= 15 is 0 Å². The Morgan fingerprint density at radius 2 is 1.48 bits per heavy atom. The molecular formula is C20H34N2O9. The standard InChI is InChI=1S/C20H34N2O9/c1-12(23)22-17-19(30-15(4)26)18(29-14(3)25)16(11-28-13(2)24)31-20(17)27-10-8-6-5-7-9-21/h16-20H,5-11,21H2,1-4H3,(H,22,23)/t16-,17-,18+,19-,20-/m1/s1. The van der Waals surface area contributed by atoms with Crippen molar-refractivity contribution in [3.63, 3.8) is 0 Å². The third kappa shape index (κ3) is 10.1. The lowest BCUT2D eigenvalue weighted by Crippen LogP contribution is -2.66. The average Bonchev–Trinajstić information content (AvgIpc) is 2.66. The van der Waals surface area contributed by atoms with Crippen molar-refractivity contribution in [2.24, 2.45) is 5.73 Å². The fourth-order valence-corrected chi connectivity index (χ4v) is 3.23. The van der Waals surface area contributed by atoms with Crippen molar-refractivity contribution >= 4 is 23.8 Å². The lowest BCUT2D eigenvalue weighted by molar-refractivity contribution is -0.277. The van der Waals surface area contributed by atoms with Gasteiger partial charge >= 0.3 is 17.9 Å². The molecule has 0 unspecified atom stereocenters. The number of esters is 3. The summed E-state index contributed by atoms with van der Waals surface area (Å²) in [5.41, 5.74) is 5.49. The van der Waals surface area contributed by atoms with Gasteiger partial charge in [0.15, 0.2) is 18.5 Å². The smallest absolute Gasteiger partial charge is 0.303 e. The van der Waals surface area contributed by atoms with Crippen LogP contribution in [0.2, 0.25) is 0 Å². The number of hydrogen-bond acceptors (Lipinski definition) is 10. The molecule has 0 spiro atoms. The van der Waals surface area contributed by atoms with Gasteiger partial charge in [-0.15, -0.1) is 0 Å². The van der Waals surface area contributed by atoms with Gasteiger partial charge in [0.05, 0.1) is 0 Å². The summed E-state index contributed by atoms with van der Waals surface area (Å²) in [5, 5.41) is 2.66. The molecule has 3 N–H and O–H groups in total. The number of ether oxygens (including phenoxy) is 5. The van der Waals surface area contributed by atoms with E-state index < -0.39 is 54.5 Å². The molecule has 1 fully saturated rings. The van der Waals surface area contributed by atoms with Crippen LogP contribution in [0.3, 0.4) is 0 Å². The number of nitrogens with one attached hydrogen (secondary N) is 1. The highest BCUT2D eigenvalue weighted by Gasteiger charge is 2.51. The van der Waals surface area contributed by atoms with Crippen molar-refractivity contribution in [1.82, 2.24) is 5.32 Å². The predicted molar refractivity (Wildman–Crippen MR) is 107 cm³/mol. The Hall–Kier alpha value is -2.24. The minimum Gasteiger partial charge on any atom is -0.463 e. The molecule has 0 radical (unpaired) electrons. The second-order valence-corrected chi connectivity index (χ2v) is 7.29. The minimum atomic E-state index is -1.12. The molecule has 1 rings (SSSR count). The van der Waals surface area contributed by atoms with E-state index in [4.69, 9.17) is 29.4 Å². The van der Waals surface area contributed by atoms with Crippen molar-refractivity contribution < 1.29 is 42.9 Å². The van der Waals surface area contributed by atoms with Crippen molar-refractivity contribution in [2.75, 3.05) is 19.8 Å². The molecule has 0 aromatic carbocycles. The Kier molecular flexibility index (Phi) is 12.1. The van der Waals surface area contributed by atoms with E-state index in [-0.39, 0.29) is 6.61 Å². The van der Waals surface area contributed by atoms with Gasteiger partial charge in [-0.25, -0.2) is 0 Å². The van der Waals surface area contributed by atoms with Crippen molar-refractivity contribution in [3.8, 4) is 0 Å². The maximum absolute atomic E-state index is 11.8. The van der Waals surface area contributed by atoms with Crippen LogP contribution in [-0.4, -0.2) is 74.2 Å². The predicted octanol–water partition coefficient (Wildman–Crippen LogP) is 0.178. The second-order valence-electron chi connectivity index (χ2n) is 7.29. The molecule has 1 aliphatic rings. The third-order valence-corrected chi connectivity index (χ3v) is 4.45. The summed E-state index contributed by atoms with van der Waals surface area (Å²) < 4.78 is 27.5. The van der Waals surface area contributed by atoms with Crippen LogP contribution in [0, 0.1) is 0 Å². The maximum atomic E-state index is 11.8. The molecule has 11 heteroatoms. The van der Waals surface area contributed by atoms with Crippen LogP contribution in [0.5, 0.6) is 0 Å². The first-order valence-corrected chi connectivity index (χ1v) is 10.4. The van der Waals surface area contributed by atoms with Crippen LogP contribution in [-0.2, 0) is 42.9 Å². The largest absolute Gasteiger partial charge is 0.463 e. The normalized spacial score (nSPS) is 25.4. The Balaban J connectivity index is 3.07. The molecule has 0 aromatic rings. The van der Waals surface area contributed by atoms with E-state index in [1.165, 1.54) is 27.7 Å². The molecule has 178 valence electrons. The molecule has 1 aliphatic heterocycles. The summed E-state index contributed by atoms with van der Waals surface area (Å²) in [4.78, 5) is 46.5. The fourth-order valence-electron chi connectivity index (χ4n) is 3.23. The van der Waals surface area contributed by atoms with Gasteiger partial charge in [0, 0.05) is 34.3 Å². The van der Waals surface area contributed by atoms with E-state index in [1.807, 2.05) is 0 Å². The van der Waals surface area contributed by atoms with Gasteiger partial charge in [-0.3, -0.25) is 19.2 Å². The average molecular weight is 446 g/mol. The van der Waals surface area contributed by atoms with Crippen LogP contribution in [0.25, 0.3) is 0 Å². The summed E-state index contributed by atoms with van der Waals surface area (Å²) in [7, 11) is 0. The van der Waals surface area contributed by atoms with Crippen molar-refractivity contribution in [2.45, 2.75) is 84.0 Å². The van der Waals surface area contributed by atoms with Gasteiger partial charge in [-0.2, -0.15) is 0 Å². The number of hydrogen-bond donors (Lipinski definition) is 2. The number of amides is 1. The van der Waals surface area contributed by atoms with Crippen LogP contribution in [0.4, 0.5) is 0 Å². The zero-order valence-corrected chi connectivity index (χ0v) is 18.6. The molecule has 0 aromatic heterocycles. The van der Waals surface area contributed by atoms with Crippen molar-refractivity contribution in [3.05, 3.63) is 0 Å². The first-order valence-electron chi connectivity index (χ1n) is 10.4. The Morgan fingerprint density at radius 3 is 2.03 bits per heavy atom. The molecular weight excluding hydrogens is 412 g/mol. The molecule has 1 heterocycles. The summed E-state index contributed by atoms with van der Waals surface area (Å²) in [6.45, 7) is 5.58. The molecule has 5 atom stereocenters. The lowest BCUT2D eigenvalue weighted by Gasteiger charge is -2.44. The highest BCUT2D eigenvalue weighted by molar-refractivity contribution is 5.73. The summed E-state index contributed by atoms with van der Waals surface area (Å²) in [6.07, 6.45) is -0.719. The highest BCUT2D eigenvalue weighted by atomic mass is 16.7. The van der Waals surface area contributed by atoms with E-state index in [9.17, 15) is 19.2 Å². The Morgan fingerprint density at radius 1 is 0.871 bits per heavy atom. The summed E-state index contributed by atoms with van der Waals surface area (Å²) >= 11 is 0. The monoisotopic (exact) mass is 446 g/mol. The summed E-state index contributed by atoms with van der Waals surface area (Å²) in [5.74, 6) is -2.27. The molecule has 1 saturated heterocycles. The van der Waals surface area contributed by atoms with Gasteiger partial charge in [-0.05, 0) is 19.4 Å². The van der Waals surface area contributed by atoms with E-state index in [1.54, 1.807) is 0 Å². The Labute approximate surface area is 182 Å². The summed E-state index contributed by atoms with van der Waals surface area (Å²) in [6, 6.07) is -0.941. The second kappa shape index (κ2) is 13.9.